The van der Waals surface area contributed by atoms with E-state index in [4.69, 9.17) is 28.8 Å². The van der Waals surface area contributed by atoms with Crippen molar-refractivity contribution in [2.45, 2.75) is 58.8 Å². The van der Waals surface area contributed by atoms with Gasteiger partial charge in [0.1, 0.15) is 0 Å². The number of unbranched alkanes of at least 4 members (excludes halogenated alkanes) is 3. The van der Waals surface area contributed by atoms with E-state index in [2.05, 4.69) is 13.8 Å². The largest absolute Gasteiger partial charge is 0.394 e. The fraction of sp³-hybridized carbons (Fsp3) is 1.00. The van der Waals surface area contributed by atoms with Crippen LogP contribution >= 0.6 is 0 Å². The Morgan fingerprint density at radius 1 is 0.556 bits per heavy atom. The molecule has 1 atom stereocenters. The lowest BCUT2D eigenvalue weighted by Crippen LogP contribution is -2.13. The molecule has 1 unspecified atom stereocenters. The normalized spacial score (nSPS) is 12.6. The monoisotopic (exact) mass is 392 g/mol. The maximum Gasteiger partial charge on any atom is 0.0701 e. The van der Waals surface area contributed by atoms with Gasteiger partial charge in [0.2, 0.25) is 0 Å². The third-order valence-corrected chi connectivity index (χ3v) is 4.24. The van der Waals surface area contributed by atoms with Crippen LogP contribution < -0.4 is 0 Å². The van der Waals surface area contributed by atoms with Crippen LogP contribution in [0.4, 0.5) is 0 Å². The van der Waals surface area contributed by atoms with Gasteiger partial charge in [0.05, 0.1) is 66.1 Å². The maximum absolute atomic E-state index is 8.53. The SMILES string of the molecule is CCCC(C)CCCCCCOCCOCCOCCOCCOCCO. The summed E-state index contributed by atoms with van der Waals surface area (Å²) in [6.45, 7) is 10.4. The first-order valence-corrected chi connectivity index (χ1v) is 10.8. The van der Waals surface area contributed by atoms with Gasteiger partial charge >= 0.3 is 0 Å². The lowest BCUT2D eigenvalue weighted by molar-refractivity contribution is -0.0134. The highest BCUT2D eigenvalue weighted by molar-refractivity contribution is 4.53. The minimum atomic E-state index is 0.0484. The summed E-state index contributed by atoms with van der Waals surface area (Å²) in [6.07, 6.45) is 9.14. The van der Waals surface area contributed by atoms with Crippen molar-refractivity contribution in [1.82, 2.24) is 0 Å². The highest BCUT2D eigenvalue weighted by Gasteiger charge is 2.00. The topological polar surface area (TPSA) is 66.4 Å². The van der Waals surface area contributed by atoms with E-state index in [1.165, 1.54) is 38.5 Å². The zero-order valence-electron chi connectivity index (χ0n) is 17.8. The van der Waals surface area contributed by atoms with Crippen LogP contribution in [0.1, 0.15) is 58.8 Å². The quantitative estimate of drug-likeness (QED) is 0.269. The minimum absolute atomic E-state index is 0.0484. The molecule has 0 aliphatic carbocycles. The molecule has 6 nitrogen and oxygen atoms in total. The molecular formula is C21H44O6. The first-order valence-electron chi connectivity index (χ1n) is 10.8. The van der Waals surface area contributed by atoms with Gasteiger partial charge in [-0.05, 0) is 12.3 Å². The van der Waals surface area contributed by atoms with Crippen molar-refractivity contribution in [2.75, 3.05) is 72.7 Å². The predicted octanol–water partition coefficient (Wildman–Crippen LogP) is 3.45. The van der Waals surface area contributed by atoms with E-state index in [9.17, 15) is 0 Å². The molecule has 0 saturated heterocycles. The van der Waals surface area contributed by atoms with E-state index in [0.29, 0.717) is 59.5 Å². The van der Waals surface area contributed by atoms with Crippen molar-refractivity contribution in [2.24, 2.45) is 5.92 Å². The summed E-state index contributed by atoms with van der Waals surface area (Å²) >= 11 is 0. The third kappa shape index (κ3) is 23.7. The van der Waals surface area contributed by atoms with Crippen molar-refractivity contribution < 1.29 is 28.8 Å². The van der Waals surface area contributed by atoms with E-state index in [1.54, 1.807) is 0 Å². The molecule has 0 saturated carbocycles. The van der Waals surface area contributed by atoms with Crippen molar-refractivity contribution in [3.63, 3.8) is 0 Å². The Morgan fingerprint density at radius 3 is 1.48 bits per heavy atom. The van der Waals surface area contributed by atoms with Gasteiger partial charge in [0, 0.05) is 6.61 Å². The van der Waals surface area contributed by atoms with E-state index in [1.807, 2.05) is 0 Å². The van der Waals surface area contributed by atoms with Crippen LogP contribution in [-0.4, -0.2) is 77.8 Å². The fourth-order valence-electron chi connectivity index (χ4n) is 2.73. The first kappa shape index (κ1) is 26.8. The van der Waals surface area contributed by atoms with E-state index in [0.717, 1.165) is 18.9 Å². The summed E-state index contributed by atoms with van der Waals surface area (Å²) in [6, 6.07) is 0. The van der Waals surface area contributed by atoms with Gasteiger partial charge in [-0.15, -0.1) is 0 Å². The van der Waals surface area contributed by atoms with Crippen LogP contribution in [0.2, 0.25) is 0 Å². The Kier molecular flexibility index (Phi) is 23.6. The summed E-state index contributed by atoms with van der Waals surface area (Å²) < 4.78 is 26.8. The number of rotatable bonds is 23. The molecule has 0 aromatic rings. The average molecular weight is 393 g/mol. The van der Waals surface area contributed by atoms with Crippen molar-refractivity contribution in [3.05, 3.63) is 0 Å². The van der Waals surface area contributed by atoms with Crippen molar-refractivity contribution in [1.29, 1.82) is 0 Å². The molecule has 0 rings (SSSR count). The van der Waals surface area contributed by atoms with E-state index >= 15 is 0 Å². The minimum Gasteiger partial charge on any atom is -0.394 e. The summed E-state index contributed by atoms with van der Waals surface area (Å²) in [5, 5.41) is 8.53. The second-order valence-corrected chi connectivity index (χ2v) is 6.88. The Labute approximate surface area is 166 Å². The molecule has 27 heavy (non-hydrogen) atoms. The molecule has 0 bridgehead atoms. The molecule has 1 N–H and O–H groups in total. The molecule has 0 spiro atoms. The average Bonchev–Trinajstić information content (AvgIpc) is 2.66. The van der Waals surface area contributed by atoms with Crippen LogP contribution in [0, 0.1) is 5.92 Å². The predicted molar refractivity (Wildman–Crippen MR) is 108 cm³/mol. The Bertz CT molecular complexity index is 265. The lowest BCUT2D eigenvalue weighted by atomic mass is 9.98. The molecule has 164 valence electrons. The zero-order valence-corrected chi connectivity index (χ0v) is 17.8. The molecular weight excluding hydrogens is 348 g/mol. The Morgan fingerprint density at radius 2 is 1.00 bits per heavy atom. The van der Waals surface area contributed by atoms with E-state index in [-0.39, 0.29) is 6.61 Å². The maximum atomic E-state index is 8.53. The van der Waals surface area contributed by atoms with E-state index < -0.39 is 0 Å². The van der Waals surface area contributed by atoms with Crippen LogP contribution in [0.15, 0.2) is 0 Å². The number of hydrogen-bond donors (Lipinski definition) is 1. The summed E-state index contributed by atoms with van der Waals surface area (Å²) in [4.78, 5) is 0. The van der Waals surface area contributed by atoms with Crippen LogP contribution in [-0.2, 0) is 23.7 Å². The molecule has 0 aliphatic rings. The number of aliphatic hydroxyl groups excluding tert-OH is 1. The molecule has 0 fully saturated rings. The second kappa shape index (κ2) is 23.8. The number of hydrogen-bond acceptors (Lipinski definition) is 6. The van der Waals surface area contributed by atoms with Crippen LogP contribution in [0.3, 0.4) is 0 Å². The lowest BCUT2D eigenvalue weighted by Gasteiger charge is -2.09. The second-order valence-electron chi connectivity index (χ2n) is 6.88. The highest BCUT2D eigenvalue weighted by Crippen LogP contribution is 2.14. The number of aliphatic hydroxyl groups is 1. The van der Waals surface area contributed by atoms with Gasteiger partial charge in [0.15, 0.2) is 0 Å². The van der Waals surface area contributed by atoms with Crippen molar-refractivity contribution >= 4 is 0 Å². The molecule has 0 amide bonds. The fourth-order valence-corrected chi connectivity index (χ4v) is 2.73. The van der Waals surface area contributed by atoms with Gasteiger partial charge in [-0.1, -0.05) is 52.4 Å². The highest BCUT2D eigenvalue weighted by atomic mass is 16.6. The molecule has 0 aromatic carbocycles. The molecule has 0 aromatic heterocycles. The first-order chi connectivity index (χ1) is 13.3. The van der Waals surface area contributed by atoms with Crippen LogP contribution in [0.25, 0.3) is 0 Å². The van der Waals surface area contributed by atoms with Crippen LogP contribution in [0.5, 0.6) is 0 Å². The standard InChI is InChI=1S/C21H44O6/c1-3-8-21(2)9-6-4-5-7-11-23-13-15-25-17-19-27-20-18-26-16-14-24-12-10-22/h21-22H,3-20H2,1-2H3. The Hall–Kier alpha value is -0.240. The van der Waals surface area contributed by atoms with Gasteiger partial charge in [-0.25, -0.2) is 0 Å². The van der Waals surface area contributed by atoms with Gasteiger partial charge in [0.25, 0.3) is 0 Å². The van der Waals surface area contributed by atoms with Gasteiger partial charge in [-0.3, -0.25) is 0 Å². The molecule has 0 heterocycles. The summed E-state index contributed by atoms with van der Waals surface area (Å²) in [7, 11) is 0. The molecule has 0 radical (unpaired) electrons. The smallest absolute Gasteiger partial charge is 0.0701 e. The Balaban J connectivity index is 3.01. The molecule has 6 heteroatoms. The summed E-state index contributed by atoms with van der Waals surface area (Å²) in [5.41, 5.74) is 0. The zero-order chi connectivity index (χ0) is 19.8. The van der Waals surface area contributed by atoms with Crippen molar-refractivity contribution in [3.8, 4) is 0 Å². The van der Waals surface area contributed by atoms with Gasteiger partial charge in [-0.2, -0.15) is 0 Å². The van der Waals surface area contributed by atoms with Gasteiger partial charge < -0.3 is 28.8 Å². The molecule has 0 aliphatic heterocycles. The third-order valence-electron chi connectivity index (χ3n) is 4.24. The number of ether oxygens (including phenoxy) is 5. The summed E-state index contributed by atoms with van der Waals surface area (Å²) in [5.74, 6) is 0.886.